The molecule has 12 nitrogen and oxygen atoms in total. The number of thiol groups is 2. The van der Waals surface area contributed by atoms with Crippen LogP contribution in [0.2, 0.25) is 0 Å². The summed E-state index contributed by atoms with van der Waals surface area (Å²) in [5.41, 5.74) is -2.82. The zero-order valence-electron chi connectivity index (χ0n) is 18.4. The average molecular weight is 508 g/mol. The molecule has 0 atom stereocenters. The quantitative estimate of drug-likeness (QED) is 0.178. The van der Waals surface area contributed by atoms with Crippen molar-refractivity contribution in [2.45, 2.75) is 52.2 Å². The third-order valence-corrected chi connectivity index (χ3v) is 4.65. The molecule has 1 heterocycles. The topological polar surface area (TPSA) is 145 Å². The van der Waals surface area contributed by atoms with E-state index in [1.54, 1.807) is 6.92 Å². The fraction of sp³-hybridized carbons (Fsp3) is 0.684. The zero-order chi connectivity index (χ0) is 24.8. The maximum Gasteiger partial charge on any atom is 0.336 e. The lowest BCUT2D eigenvalue weighted by atomic mass is 10.3. The summed E-state index contributed by atoms with van der Waals surface area (Å²) in [7, 11) is 0. The highest BCUT2D eigenvalue weighted by atomic mass is 32.1. The van der Waals surface area contributed by atoms with Crippen LogP contribution in [0.15, 0.2) is 14.4 Å². The van der Waals surface area contributed by atoms with Crippen LogP contribution < -0.4 is 17.1 Å². The average Bonchev–Trinajstić information content (AvgIpc) is 2.76. The van der Waals surface area contributed by atoms with Gasteiger partial charge in [0.15, 0.2) is 0 Å². The van der Waals surface area contributed by atoms with Crippen molar-refractivity contribution < 1.29 is 28.6 Å². The summed E-state index contributed by atoms with van der Waals surface area (Å²) >= 11 is 7.84. The van der Waals surface area contributed by atoms with E-state index in [9.17, 15) is 28.8 Å². The molecule has 0 bridgehead atoms. The molecule has 1 aromatic rings. The number of rotatable bonds is 15. The number of hydrogen-bond donors (Lipinski definition) is 2. The highest BCUT2D eigenvalue weighted by molar-refractivity contribution is 7.80. The molecule has 14 heteroatoms. The van der Waals surface area contributed by atoms with E-state index in [2.05, 4.69) is 25.3 Å². The summed E-state index contributed by atoms with van der Waals surface area (Å²) in [6, 6.07) is 0. The third kappa shape index (κ3) is 9.50. The van der Waals surface area contributed by atoms with Crippen LogP contribution in [-0.4, -0.2) is 62.9 Å². The summed E-state index contributed by atoms with van der Waals surface area (Å²) in [6.45, 7) is 0.111. The molecule has 1 aromatic heterocycles. The molecule has 0 aliphatic carbocycles. The molecule has 0 saturated carbocycles. The first-order chi connectivity index (χ1) is 15.8. The molecule has 186 valence electrons. The van der Waals surface area contributed by atoms with Gasteiger partial charge in [-0.2, -0.15) is 25.3 Å². The first-order valence-corrected chi connectivity index (χ1v) is 11.7. The van der Waals surface area contributed by atoms with Crippen molar-refractivity contribution >= 4 is 43.2 Å². The molecule has 0 saturated heterocycles. The maximum absolute atomic E-state index is 12.8. The number of hydrogen-bond acceptors (Lipinski definition) is 11. The van der Waals surface area contributed by atoms with Crippen LogP contribution in [0.4, 0.5) is 0 Å². The van der Waals surface area contributed by atoms with Crippen molar-refractivity contribution in [1.82, 2.24) is 13.7 Å². The van der Waals surface area contributed by atoms with E-state index in [1.807, 2.05) is 0 Å². The lowest BCUT2D eigenvalue weighted by Crippen LogP contribution is -2.55. The summed E-state index contributed by atoms with van der Waals surface area (Å²) in [6.07, 6.45) is 0.882. The summed E-state index contributed by atoms with van der Waals surface area (Å²) in [5.74, 6) is -1.03. The molecule has 0 N–H and O–H groups in total. The van der Waals surface area contributed by atoms with Gasteiger partial charge in [0.05, 0.1) is 32.5 Å². The second-order valence-corrected chi connectivity index (χ2v) is 7.56. The minimum atomic E-state index is -0.945. The Balaban J connectivity index is 3.13. The van der Waals surface area contributed by atoms with Crippen molar-refractivity contribution in [2.24, 2.45) is 0 Å². The zero-order valence-corrected chi connectivity index (χ0v) is 20.2. The second-order valence-electron chi connectivity index (χ2n) is 6.66. The van der Waals surface area contributed by atoms with Gasteiger partial charge in [-0.05, 0) is 6.42 Å². The van der Waals surface area contributed by atoms with Gasteiger partial charge in [-0.1, -0.05) is 6.92 Å². The highest BCUT2D eigenvalue weighted by Crippen LogP contribution is 1.93. The van der Waals surface area contributed by atoms with Gasteiger partial charge in [0.25, 0.3) is 0 Å². The second kappa shape index (κ2) is 15.4. The Morgan fingerprint density at radius 2 is 0.939 bits per heavy atom. The predicted molar refractivity (Wildman–Crippen MR) is 124 cm³/mol. The lowest BCUT2D eigenvalue weighted by Gasteiger charge is -2.14. The Morgan fingerprint density at radius 3 is 1.21 bits per heavy atom. The number of nitrogens with zero attached hydrogens (tertiary/aromatic N) is 3. The number of ether oxygens (including phenoxy) is 3. The van der Waals surface area contributed by atoms with E-state index in [1.165, 1.54) is 0 Å². The van der Waals surface area contributed by atoms with Crippen LogP contribution in [0.5, 0.6) is 0 Å². The first kappa shape index (κ1) is 28.6. The van der Waals surface area contributed by atoms with E-state index < -0.39 is 35.0 Å². The summed E-state index contributed by atoms with van der Waals surface area (Å²) in [5, 5.41) is 0. The molecule has 33 heavy (non-hydrogen) atoms. The van der Waals surface area contributed by atoms with Crippen LogP contribution in [0.1, 0.15) is 32.6 Å². The number of aromatic nitrogens is 3. The van der Waals surface area contributed by atoms with Crippen molar-refractivity contribution in [3.05, 3.63) is 31.5 Å². The molecule has 0 spiro atoms. The highest BCUT2D eigenvalue weighted by Gasteiger charge is 2.17. The van der Waals surface area contributed by atoms with Gasteiger partial charge in [0.2, 0.25) is 0 Å². The summed E-state index contributed by atoms with van der Waals surface area (Å²) < 4.78 is 17.1. The van der Waals surface area contributed by atoms with Crippen molar-refractivity contribution in [3.8, 4) is 0 Å². The van der Waals surface area contributed by atoms with Gasteiger partial charge in [0, 0.05) is 17.9 Å². The van der Waals surface area contributed by atoms with Crippen molar-refractivity contribution in [1.29, 1.82) is 0 Å². The Hall–Kier alpha value is -2.48. The van der Waals surface area contributed by atoms with Gasteiger partial charge in [-0.15, -0.1) is 0 Å². The largest absolute Gasteiger partial charge is 0.464 e. The number of carbonyl (C=O) groups excluding carboxylic acids is 3. The van der Waals surface area contributed by atoms with Gasteiger partial charge in [-0.25, -0.2) is 28.1 Å². The molecule has 0 radical (unpaired) electrons. The normalized spacial score (nSPS) is 10.6. The molecule has 0 unspecified atom stereocenters. The fourth-order valence-electron chi connectivity index (χ4n) is 2.61. The maximum atomic E-state index is 12.8. The van der Waals surface area contributed by atoms with Crippen LogP contribution in [0, 0.1) is 0 Å². The molecule has 0 amide bonds. The van der Waals surface area contributed by atoms with Crippen molar-refractivity contribution in [3.63, 3.8) is 0 Å². The molecule has 0 fully saturated rings. The monoisotopic (exact) mass is 507 g/mol. The molecule has 0 aromatic carbocycles. The SMILES string of the molecule is CCCC(=O)OCCn1c(=O)n(CCOC(=O)CCS)c(=O)n(CCOC(=O)CCS)c1=O. The molecular weight excluding hydrogens is 478 g/mol. The third-order valence-electron chi connectivity index (χ3n) is 4.21. The summed E-state index contributed by atoms with van der Waals surface area (Å²) in [4.78, 5) is 72.8. The minimum absolute atomic E-state index is 0.0581. The van der Waals surface area contributed by atoms with Gasteiger partial charge < -0.3 is 14.2 Å². The number of esters is 3. The Labute approximate surface area is 200 Å². The van der Waals surface area contributed by atoms with E-state index in [-0.39, 0.29) is 70.2 Å². The molecule has 0 aliphatic heterocycles. The van der Waals surface area contributed by atoms with Crippen LogP contribution >= 0.6 is 25.3 Å². The minimum Gasteiger partial charge on any atom is -0.464 e. The van der Waals surface area contributed by atoms with Crippen molar-refractivity contribution in [2.75, 3.05) is 31.3 Å². The van der Waals surface area contributed by atoms with E-state index in [0.29, 0.717) is 6.42 Å². The standard InChI is InChI=1S/C19H29N3O9S2/c1-2-3-14(23)29-9-6-20-17(26)21(7-10-30-15(24)4-12-32)19(28)22(18(20)27)8-11-31-16(25)5-13-33/h32-33H,2-13H2,1H3. The van der Waals surface area contributed by atoms with E-state index in [0.717, 1.165) is 13.7 Å². The number of carbonyl (C=O) groups is 3. The molecule has 0 aliphatic rings. The molecular formula is C19H29N3O9S2. The van der Waals surface area contributed by atoms with Crippen LogP contribution in [0.25, 0.3) is 0 Å². The van der Waals surface area contributed by atoms with Gasteiger partial charge in [0.1, 0.15) is 19.8 Å². The van der Waals surface area contributed by atoms with E-state index >= 15 is 0 Å². The predicted octanol–water partition coefficient (Wildman–Crippen LogP) is -0.759. The van der Waals surface area contributed by atoms with E-state index in [4.69, 9.17) is 14.2 Å². The van der Waals surface area contributed by atoms with Gasteiger partial charge >= 0.3 is 35.0 Å². The Morgan fingerprint density at radius 1 is 0.636 bits per heavy atom. The first-order valence-electron chi connectivity index (χ1n) is 10.4. The fourth-order valence-corrected chi connectivity index (χ4v) is 2.98. The Kier molecular flexibility index (Phi) is 13.3. The lowest BCUT2D eigenvalue weighted by molar-refractivity contribution is -0.144. The smallest absolute Gasteiger partial charge is 0.336 e. The van der Waals surface area contributed by atoms with Crippen LogP contribution in [0.3, 0.4) is 0 Å². The molecule has 1 rings (SSSR count). The van der Waals surface area contributed by atoms with Crippen LogP contribution in [-0.2, 0) is 48.2 Å². The Bertz CT molecular complexity index is 830. The van der Waals surface area contributed by atoms with Gasteiger partial charge in [-0.3, -0.25) is 14.4 Å².